The van der Waals surface area contributed by atoms with Gasteiger partial charge in [-0.3, -0.25) is 0 Å². The molecule has 0 saturated heterocycles. The van der Waals surface area contributed by atoms with E-state index in [4.69, 9.17) is 25.9 Å². The maximum atomic E-state index is 14.3. The second-order valence-corrected chi connectivity index (χ2v) is 55.9. The van der Waals surface area contributed by atoms with Crippen molar-refractivity contribution < 1.29 is 76.5 Å². The molecule has 2 atom stereocenters. The molecule has 6 aromatic rings. The summed E-state index contributed by atoms with van der Waals surface area (Å²) in [4.78, 5) is 0. The fourth-order valence-electron chi connectivity index (χ4n) is 9.57. The van der Waals surface area contributed by atoms with Gasteiger partial charge in [-0.2, -0.15) is 0 Å². The molecule has 2 aliphatic carbocycles. The quantitative estimate of drug-likeness (QED) is 0.123. The van der Waals surface area contributed by atoms with Crippen LogP contribution in [0.5, 0.6) is 0 Å². The van der Waals surface area contributed by atoms with Gasteiger partial charge >= 0.3 is 381 Å². The molecular weight excluding hydrogens is 1030 g/mol. The van der Waals surface area contributed by atoms with Gasteiger partial charge in [-0.15, -0.1) is 0 Å². The molecule has 0 spiro atoms. The van der Waals surface area contributed by atoms with E-state index in [0.717, 1.165) is 0 Å². The maximum absolute atomic E-state index is 14.3. The summed E-state index contributed by atoms with van der Waals surface area (Å²) >= 11 is -6.24. The molecule has 0 saturated carbocycles. The van der Waals surface area contributed by atoms with Crippen LogP contribution in [0, 0.1) is 27.7 Å². The van der Waals surface area contributed by atoms with Crippen LogP contribution in [-0.2, 0) is 39.7 Å². The Morgan fingerprint density at radius 1 is 0.470 bits per heavy atom. The number of hydrogen-bond donors (Lipinski definition) is 0. The Morgan fingerprint density at radius 2 is 0.788 bits per heavy atom. The fourth-order valence-corrected chi connectivity index (χ4v) is 37.3. The number of fused-ring (bicyclic) bond motifs is 2. The number of hydrogen-bond acceptors (Lipinski definition) is 2. The summed E-state index contributed by atoms with van der Waals surface area (Å²) in [5.74, 6) is 1.46. The van der Waals surface area contributed by atoms with E-state index in [-0.39, 0.29) is 57.0 Å². The third-order valence-electron chi connectivity index (χ3n) is 12.6. The Balaban J connectivity index is 1.47. The summed E-state index contributed by atoms with van der Waals surface area (Å²) in [6.07, 6.45) is -17.3. The van der Waals surface area contributed by atoms with E-state index in [1.165, 1.54) is 0 Å². The van der Waals surface area contributed by atoms with E-state index in [1.54, 1.807) is 88.4 Å². The normalized spacial score (nSPS) is 16.9. The number of furan rings is 2. The van der Waals surface area contributed by atoms with E-state index in [0.29, 0.717) is 69.2 Å². The molecule has 2 nitrogen and oxygen atoms in total. The van der Waals surface area contributed by atoms with Crippen LogP contribution in [0.25, 0.3) is 45.6 Å². The third-order valence-corrected chi connectivity index (χ3v) is 58.9. The van der Waals surface area contributed by atoms with Gasteiger partial charge in [0.15, 0.2) is 0 Å². The molecule has 0 fully saturated rings. The molecule has 2 unspecified atom stereocenters. The van der Waals surface area contributed by atoms with Crippen molar-refractivity contribution in [2.24, 2.45) is 0 Å². The molecule has 2 aromatic heterocycles. The molecule has 4 aromatic carbocycles. The molecule has 0 radical (unpaired) electrons. The predicted molar refractivity (Wildman–Crippen MR) is 231 cm³/mol. The van der Waals surface area contributed by atoms with Crippen LogP contribution in [0.15, 0.2) is 93.8 Å². The molecule has 18 heteroatoms. The molecule has 0 bridgehead atoms. The van der Waals surface area contributed by atoms with Gasteiger partial charge in [-0.05, 0) is 0 Å². The van der Waals surface area contributed by atoms with Gasteiger partial charge in [0.1, 0.15) is 0 Å². The van der Waals surface area contributed by atoms with Gasteiger partial charge in [0.2, 0.25) is 0 Å². The first-order valence-corrected chi connectivity index (χ1v) is 35.6. The summed E-state index contributed by atoms with van der Waals surface area (Å²) < 4.78 is 182. The van der Waals surface area contributed by atoms with Crippen LogP contribution in [-0.4, -0.2) is 5.43 Å². The van der Waals surface area contributed by atoms with Gasteiger partial charge in [0, 0.05) is 0 Å². The number of allylic oxidation sites excluding steroid dienone is 2. The topological polar surface area (TPSA) is 26.3 Å². The van der Waals surface area contributed by atoms with Crippen molar-refractivity contribution in [2.45, 2.75) is 72.7 Å². The van der Waals surface area contributed by atoms with E-state index >= 15 is 0 Å². The number of rotatable bonds is 6. The van der Waals surface area contributed by atoms with E-state index in [1.807, 2.05) is 13.1 Å². The number of halogens is 14. The summed E-state index contributed by atoms with van der Waals surface area (Å²) in [6.45, 7) is 10.2. The monoisotopic (exact) mass is 1060 g/mol. The Kier molecular flexibility index (Phi) is 11.6. The van der Waals surface area contributed by atoms with Crippen molar-refractivity contribution in [3.8, 4) is 22.3 Å². The minimum absolute atomic E-state index is 0.0512. The average Bonchev–Trinajstić information content (AvgIpc) is 4.01. The summed E-state index contributed by atoms with van der Waals surface area (Å²) in [7, 11) is 17.2. The first-order valence-electron chi connectivity index (χ1n) is 20.2. The number of alkyl halides is 12. The Labute approximate surface area is 378 Å². The SMILES string of the molecule is Cc1ccc(C2=Cc3c(ccc(C)c3-c3cc(C(F)(F)F)cc(C(F)(F)F)c3)[CH]2[Zr]([Cl])([Cl])([CH]2C(c3ccc(C)o3)=Cc3c2ccc(C)c3-c2cc(C(F)(F)F)cc(C(F)(F)F)c2)=[Si](C)C)o1. The molecule has 8 rings (SSSR count). The average molecular weight is 1060 g/mol. The number of benzene rings is 4. The summed E-state index contributed by atoms with van der Waals surface area (Å²) in [5, 5.41) is 0. The van der Waals surface area contributed by atoms with Crippen molar-refractivity contribution in [3.63, 3.8) is 0 Å². The summed E-state index contributed by atoms with van der Waals surface area (Å²) in [6, 6.07) is 15.9. The van der Waals surface area contributed by atoms with E-state index in [2.05, 4.69) is 0 Å². The van der Waals surface area contributed by atoms with Crippen molar-refractivity contribution >= 4 is 45.8 Å². The molecule has 346 valence electrons. The van der Waals surface area contributed by atoms with Gasteiger partial charge in [0.05, 0.1) is 0 Å². The Hall–Kier alpha value is -4.24. The van der Waals surface area contributed by atoms with Crippen molar-refractivity contribution in [1.29, 1.82) is 0 Å². The van der Waals surface area contributed by atoms with Gasteiger partial charge < -0.3 is 0 Å². The standard InChI is InChI=1S/2C23H15F6O.C2H6Si.2ClH.Zr/c2*1-12-3-5-14-7-15(20-6-4-13(2)30-20)10-19(14)21(12)16-8-17(22(24,25)26)11-18(9-16)23(27,28)29;1-3-2;;;/h2*3-11H,1-2H3;1-2H3;2*1H;/q;;;;;+2/p-2. The van der Waals surface area contributed by atoms with Crippen LogP contribution in [0.1, 0.15) is 85.9 Å². The second kappa shape index (κ2) is 15.9. The van der Waals surface area contributed by atoms with Crippen LogP contribution >= 0.6 is 17.0 Å². The van der Waals surface area contributed by atoms with Crippen LogP contribution in [0.3, 0.4) is 0 Å². The first kappa shape index (κ1) is 48.2. The Morgan fingerprint density at radius 3 is 1.05 bits per heavy atom. The van der Waals surface area contributed by atoms with Gasteiger partial charge in [0.25, 0.3) is 0 Å². The molecule has 66 heavy (non-hydrogen) atoms. The molecule has 0 amide bonds. The first-order chi connectivity index (χ1) is 30.4. The summed E-state index contributed by atoms with van der Waals surface area (Å²) in [5.41, 5.74) is -5.97. The molecule has 2 heterocycles. The number of aryl methyl sites for hydroxylation is 4. The predicted octanol–water partition coefficient (Wildman–Crippen LogP) is 17.7. The van der Waals surface area contributed by atoms with Crippen molar-refractivity contribution in [1.82, 2.24) is 0 Å². The van der Waals surface area contributed by atoms with Crippen LogP contribution in [0.2, 0.25) is 13.1 Å². The molecular formula is C48H36Cl2F12O2SiZr. The third kappa shape index (κ3) is 8.08. The van der Waals surface area contributed by atoms with Gasteiger partial charge in [-0.25, -0.2) is 0 Å². The second-order valence-electron chi connectivity index (χ2n) is 17.1. The molecule has 0 aliphatic heterocycles. The zero-order valence-corrected chi connectivity index (χ0v) is 40.5. The van der Waals surface area contributed by atoms with Crippen molar-refractivity contribution in [3.05, 3.63) is 164 Å². The van der Waals surface area contributed by atoms with Crippen LogP contribution < -0.4 is 0 Å². The molecule has 2 aliphatic rings. The minimum atomic E-state index is -6.24. The molecule has 0 N–H and O–H groups in total. The van der Waals surface area contributed by atoms with Crippen molar-refractivity contribution in [2.75, 3.05) is 0 Å². The fraction of sp³-hybridized carbons (Fsp3) is 0.250. The van der Waals surface area contributed by atoms with Gasteiger partial charge in [-0.1, -0.05) is 0 Å². The zero-order valence-electron chi connectivity index (χ0n) is 35.5. The van der Waals surface area contributed by atoms with Crippen LogP contribution in [0.4, 0.5) is 52.7 Å². The zero-order chi connectivity index (χ0) is 48.5. The van der Waals surface area contributed by atoms with E-state index < -0.39 is 74.7 Å². The Bertz CT molecular complexity index is 2870. The van der Waals surface area contributed by atoms with E-state index in [9.17, 15) is 52.7 Å².